The molecule has 8 nitrogen and oxygen atoms in total. The second kappa shape index (κ2) is 7.76. The van der Waals surface area contributed by atoms with Gasteiger partial charge in [0.25, 0.3) is 0 Å². The van der Waals surface area contributed by atoms with E-state index < -0.39 is 23.5 Å². The molecule has 3 aliphatic rings. The van der Waals surface area contributed by atoms with Gasteiger partial charge in [-0.25, -0.2) is 9.07 Å². The Balaban J connectivity index is 1.35. The van der Waals surface area contributed by atoms with E-state index in [0.29, 0.717) is 61.8 Å². The van der Waals surface area contributed by atoms with Gasteiger partial charge in [-0.15, -0.1) is 0 Å². The summed E-state index contributed by atoms with van der Waals surface area (Å²) in [6.45, 7) is 4.00. The van der Waals surface area contributed by atoms with Gasteiger partial charge in [-0.05, 0) is 38.0 Å². The van der Waals surface area contributed by atoms with Gasteiger partial charge in [0.1, 0.15) is 12.0 Å². The van der Waals surface area contributed by atoms with Crippen molar-refractivity contribution in [1.29, 1.82) is 0 Å². The average Bonchev–Trinajstić information content (AvgIpc) is 3.13. The molecular weight excluding hydrogens is 466 g/mol. The summed E-state index contributed by atoms with van der Waals surface area (Å²) in [7, 11) is 0. The van der Waals surface area contributed by atoms with Crippen LogP contribution in [-0.2, 0) is 6.18 Å². The lowest BCUT2D eigenvalue weighted by Gasteiger charge is -2.50. The first-order chi connectivity index (χ1) is 16.6. The number of alkyl halides is 4. The first-order valence-corrected chi connectivity index (χ1v) is 11.6. The van der Waals surface area contributed by atoms with Crippen LogP contribution >= 0.6 is 0 Å². The third-order valence-electron chi connectivity index (χ3n) is 7.08. The summed E-state index contributed by atoms with van der Waals surface area (Å²) in [5.74, 6) is 0.966. The topological polar surface area (TPSA) is 82.3 Å². The minimum Gasteiger partial charge on any atom is -0.390 e. The van der Waals surface area contributed by atoms with Crippen molar-refractivity contribution in [2.75, 3.05) is 36.4 Å². The van der Waals surface area contributed by atoms with Gasteiger partial charge in [0.05, 0.1) is 28.4 Å². The number of aliphatic hydroxyl groups is 1. The number of benzene rings is 1. The van der Waals surface area contributed by atoms with Crippen molar-refractivity contribution in [2.24, 2.45) is 0 Å². The SMILES string of the molecule is C[C@]1(O)C[C@@H](Nc2nc(N3CC(N4CC(F)C4)C3)c3cnn(-c4cccc(C(F)(F)F)c4)c3n2)C1. The van der Waals surface area contributed by atoms with E-state index in [0.717, 1.165) is 12.1 Å². The minimum atomic E-state index is -4.48. The molecule has 2 aliphatic heterocycles. The predicted molar refractivity (Wildman–Crippen MR) is 121 cm³/mol. The maximum Gasteiger partial charge on any atom is 0.416 e. The summed E-state index contributed by atoms with van der Waals surface area (Å²) in [5, 5.41) is 18.3. The molecule has 2 N–H and O–H groups in total. The number of fused-ring (bicyclic) bond motifs is 1. The van der Waals surface area contributed by atoms with Gasteiger partial charge in [0.15, 0.2) is 5.65 Å². The van der Waals surface area contributed by atoms with Crippen LogP contribution in [0, 0.1) is 0 Å². The standard InChI is InChI=1S/C23H25F4N7O/c1-22(35)6-15(7-22)29-21-30-19(33-11-17(12-33)32-9-14(24)10-32)18-8-28-34(20(18)31-21)16-4-2-3-13(5-16)23(25,26)27/h2-5,8,14-15,17,35H,6-7,9-12H2,1H3,(H,29,30,31)/t15-,22+. The van der Waals surface area contributed by atoms with Gasteiger partial charge < -0.3 is 15.3 Å². The van der Waals surface area contributed by atoms with Crippen LogP contribution in [0.15, 0.2) is 30.5 Å². The predicted octanol–water partition coefficient (Wildman–Crippen LogP) is 3.00. The lowest BCUT2D eigenvalue weighted by atomic mass is 9.77. The van der Waals surface area contributed by atoms with Crippen LogP contribution in [0.5, 0.6) is 0 Å². The largest absolute Gasteiger partial charge is 0.416 e. The van der Waals surface area contributed by atoms with Crippen molar-refractivity contribution in [3.63, 3.8) is 0 Å². The molecule has 0 spiro atoms. The Morgan fingerprint density at radius 1 is 1.11 bits per heavy atom. The first kappa shape index (κ1) is 22.5. The summed E-state index contributed by atoms with van der Waals surface area (Å²) in [5.41, 5.74) is -0.873. The molecule has 3 fully saturated rings. The Morgan fingerprint density at radius 3 is 2.51 bits per heavy atom. The summed E-state index contributed by atoms with van der Waals surface area (Å²) in [6.07, 6.45) is -2.59. The Labute approximate surface area is 198 Å². The number of aromatic nitrogens is 4. The van der Waals surface area contributed by atoms with Gasteiger partial charge in [0, 0.05) is 38.3 Å². The summed E-state index contributed by atoms with van der Waals surface area (Å²) >= 11 is 0. The Kier molecular flexibility index (Phi) is 4.98. The molecule has 12 heteroatoms. The molecule has 0 bridgehead atoms. The number of anilines is 2. The van der Waals surface area contributed by atoms with Crippen LogP contribution in [0.1, 0.15) is 25.3 Å². The van der Waals surface area contributed by atoms with E-state index in [2.05, 4.69) is 25.2 Å². The molecule has 4 heterocycles. The van der Waals surface area contributed by atoms with E-state index in [1.807, 2.05) is 0 Å². The van der Waals surface area contributed by atoms with Gasteiger partial charge in [-0.3, -0.25) is 4.90 Å². The monoisotopic (exact) mass is 491 g/mol. The van der Waals surface area contributed by atoms with Gasteiger partial charge in [0.2, 0.25) is 5.95 Å². The lowest BCUT2D eigenvalue weighted by Crippen LogP contribution is -2.66. The van der Waals surface area contributed by atoms with Crippen molar-refractivity contribution in [3.8, 4) is 5.69 Å². The molecule has 35 heavy (non-hydrogen) atoms. The van der Waals surface area contributed by atoms with Crippen LogP contribution < -0.4 is 10.2 Å². The lowest BCUT2D eigenvalue weighted by molar-refractivity contribution is -0.137. The highest BCUT2D eigenvalue weighted by molar-refractivity contribution is 5.89. The van der Waals surface area contributed by atoms with Crippen molar-refractivity contribution in [1.82, 2.24) is 24.6 Å². The van der Waals surface area contributed by atoms with Crippen LogP contribution in [0.2, 0.25) is 0 Å². The number of hydrogen-bond donors (Lipinski definition) is 2. The number of nitrogens with one attached hydrogen (secondary N) is 1. The van der Waals surface area contributed by atoms with Crippen molar-refractivity contribution >= 4 is 22.8 Å². The van der Waals surface area contributed by atoms with Gasteiger partial charge in [-0.1, -0.05) is 6.07 Å². The second-order valence-corrected chi connectivity index (χ2v) is 10.1. The third kappa shape index (κ3) is 4.08. The zero-order valence-corrected chi connectivity index (χ0v) is 19.0. The summed E-state index contributed by atoms with van der Waals surface area (Å²) in [6, 6.07) is 5.19. The molecule has 6 rings (SSSR count). The zero-order chi connectivity index (χ0) is 24.5. The van der Waals surface area contributed by atoms with Crippen LogP contribution in [0.25, 0.3) is 16.7 Å². The van der Waals surface area contributed by atoms with Crippen molar-refractivity contribution in [2.45, 2.75) is 49.8 Å². The quantitative estimate of drug-likeness (QED) is 0.531. The molecule has 0 unspecified atom stereocenters. The zero-order valence-electron chi connectivity index (χ0n) is 19.0. The van der Waals surface area contributed by atoms with E-state index >= 15 is 0 Å². The van der Waals surface area contributed by atoms with Gasteiger partial charge in [-0.2, -0.15) is 28.2 Å². The summed E-state index contributed by atoms with van der Waals surface area (Å²) in [4.78, 5) is 13.5. The second-order valence-electron chi connectivity index (χ2n) is 10.1. The average molecular weight is 491 g/mol. The molecule has 0 amide bonds. The highest BCUT2D eigenvalue weighted by Gasteiger charge is 2.41. The molecule has 1 aromatic carbocycles. The minimum absolute atomic E-state index is 0.00746. The number of rotatable bonds is 5. The van der Waals surface area contributed by atoms with Crippen molar-refractivity contribution in [3.05, 3.63) is 36.0 Å². The fourth-order valence-corrected chi connectivity index (χ4v) is 5.10. The molecule has 3 aromatic rings. The number of hydrogen-bond acceptors (Lipinski definition) is 7. The van der Waals surface area contributed by atoms with E-state index in [4.69, 9.17) is 4.98 Å². The van der Waals surface area contributed by atoms with E-state index in [1.165, 1.54) is 10.7 Å². The maximum atomic E-state index is 13.3. The fraction of sp³-hybridized carbons (Fsp3) is 0.522. The Hall–Kier alpha value is -2.99. The van der Waals surface area contributed by atoms with E-state index in [9.17, 15) is 22.7 Å². The molecule has 1 saturated carbocycles. The summed E-state index contributed by atoms with van der Waals surface area (Å²) < 4.78 is 54.6. The van der Waals surface area contributed by atoms with Crippen LogP contribution in [-0.4, -0.2) is 79.8 Å². The fourth-order valence-electron chi connectivity index (χ4n) is 5.10. The normalized spacial score (nSPS) is 25.9. The van der Waals surface area contributed by atoms with Crippen LogP contribution in [0.3, 0.4) is 0 Å². The highest BCUT2D eigenvalue weighted by atomic mass is 19.4. The Bertz CT molecular complexity index is 1260. The van der Waals surface area contributed by atoms with Gasteiger partial charge >= 0.3 is 6.18 Å². The number of likely N-dealkylation sites (tertiary alicyclic amines) is 1. The number of nitrogens with zero attached hydrogens (tertiary/aromatic N) is 6. The molecule has 2 aromatic heterocycles. The molecule has 2 saturated heterocycles. The Morgan fingerprint density at radius 2 is 1.86 bits per heavy atom. The molecule has 186 valence electrons. The third-order valence-corrected chi connectivity index (χ3v) is 7.08. The van der Waals surface area contributed by atoms with Crippen molar-refractivity contribution < 1.29 is 22.7 Å². The molecule has 1 aliphatic carbocycles. The van der Waals surface area contributed by atoms with Crippen LogP contribution in [0.4, 0.5) is 29.3 Å². The number of halogens is 4. The smallest absolute Gasteiger partial charge is 0.390 e. The van der Waals surface area contributed by atoms with E-state index in [1.54, 1.807) is 19.2 Å². The first-order valence-electron chi connectivity index (χ1n) is 11.6. The molecule has 0 radical (unpaired) electrons. The highest BCUT2D eigenvalue weighted by Crippen LogP contribution is 2.36. The molecule has 0 atom stereocenters. The maximum absolute atomic E-state index is 13.3. The molecular formula is C23H25F4N7O. The van der Waals surface area contributed by atoms with E-state index in [-0.39, 0.29) is 17.8 Å².